The molecule has 4 heterocycles. The fourth-order valence-electron chi connectivity index (χ4n) is 2.90. The summed E-state index contributed by atoms with van der Waals surface area (Å²) in [4.78, 5) is 27.2. The molecular formula is C40H63N7Y7-6. The number of benzene rings is 1. The molecule has 5 rings (SSSR count). The molecule has 0 N–H and O–H groups in total. The van der Waals surface area contributed by atoms with Crippen LogP contribution in [0.15, 0.2) is 110 Å². The van der Waals surface area contributed by atoms with Gasteiger partial charge in [0.1, 0.15) is 24.3 Å². The first-order valence-corrected chi connectivity index (χ1v) is 14.6. The Morgan fingerprint density at radius 2 is 0.759 bits per heavy atom. The minimum absolute atomic E-state index is 0. The predicted octanol–water partition coefficient (Wildman–Crippen LogP) is 10.1. The molecule has 1 aromatic carbocycles. The van der Waals surface area contributed by atoms with Crippen molar-refractivity contribution < 1.29 is 229 Å². The van der Waals surface area contributed by atoms with Crippen LogP contribution in [0.2, 0.25) is 0 Å². The van der Waals surface area contributed by atoms with Crippen LogP contribution in [0.1, 0.15) is 69.9 Å². The molecule has 0 fully saturated rings. The second-order valence-corrected chi connectivity index (χ2v) is 8.19. The van der Waals surface area contributed by atoms with E-state index in [1.165, 1.54) is 29.3 Å². The zero-order valence-electron chi connectivity index (χ0n) is 35.3. The first kappa shape index (κ1) is 92.6. The quantitative estimate of drug-likeness (QED) is 0.162. The Morgan fingerprint density at radius 1 is 0.370 bits per heavy atom. The van der Waals surface area contributed by atoms with Crippen molar-refractivity contribution in [3.8, 4) is 0 Å². The number of rotatable bonds is 5. The van der Waals surface area contributed by atoms with Crippen molar-refractivity contribution in [1.29, 1.82) is 0 Å². The molecule has 14 heteroatoms. The molecule has 285 valence electrons. The number of aryl methyl sites for hydroxylation is 5. The van der Waals surface area contributed by atoms with E-state index in [0.29, 0.717) is 0 Å². The molecule has 0 unspecified atom stereocenters. The van der Waals surface area contributed by atoms with Gasteiger partial charge in [0.05, 0.1) is 0 Å². The molecule has 7 nitrogen and oxygen atoms in total. The average molecular weight is 1260 g/mol. The van der Waals surface area contributed by atoms with Gasteiger partial charge in [-0.1, -0.05) is 71.0 Å². The minimum atomic E-state index is 0. The van der Waals surface area contributed by atoms with Crippen LogP contribution in [0, 0.1) is 44.1 Å². The van der Waals surface area contributed by atoms with Crippen molar-refractivity contribution in [1.82, 2.24) is 34.9 Å². The molecule has 0 aliphatic heterocycles. The maximum Gasteiger partial charge on any atom is 0.131 e. The first-order chi connectivity index (χ1) is 20.7. The van der Waals surface area contributed by atoms with E-state index in [1.54, 1.807) is 25.5 Å². The van der Waals surface area contributed by atoms with Gasteiger partial charge in [-0.25, -0.2) is 24.9 Å². The van der Waals surface area contributed by atoms with E-state index in [2.05, 4.69) is 92.9 Å². The van der Waals surface area contributed by atoms with Crippen LogP contribution in [-0.2, 0) is 261 Å². The standard InChI is InChI=1S/C8H10.2C7H9N.C6H8N2.C5H7N3.C2H5.5CH3.7Y/c1-2-8-6-4-3-5-7-8;1-2-7-3-5-8-6-4-7;1-2-7-4-3-5-8-6-7;1-2-6-7-4-3-5-8-6;1-2-5-7-3-6-4-8-5;1-2;;;;;;;;;;;;/h3-7H,2H2,1H3;2*3-6H,2H2,1H3;3-5H,2H2,1H3;3-4H,2H2,1H3;1H2,2H3;5*1H3;;;;;;;/q;;;;;6*-1;;;;;;;. The predicted molar refractivity (Wildman–Crippen MR) is 207 cm³/mol. The second-order valence-electron chi connectivity index (χ2n) is 8.19. The fraction of sp³-hybridized carbons (Fsp3) is 0.275. The van der Waals surface area contributed by atoms with E-state index in [9.17, 15) is 0 Å². The average Bonchev–Trinajstić information content (AvgIpc) is 3.12. The van der Waals surface area contributed by atoms with Crippen molar-refractivity contribution in [2.24, 2.45) is 0 Å². The zero-order chi connectivity index (χ0) is 31.1. The molecule has 0 atom stereocenters. The van der Waals surface area contributed by atoms with Crippen molar-refractivity contribution in [2.75, 3.05) is 0 Å². The summed E-state index contributed by atoms with van der Waals surface area (Å²) in [5.74, 6) is 1.76. The summed E-state index contributed by atoms with van der Waals surface area (Å²) >= 11 is 0. The number of hydrogen-bond acceptors (Lipinski definition) is 7. The van der Waals surface area contributed by atoms with Gasteiger partial charge in [0.2, 0.25) is 0 Å². The van der Waals surface area contributed by atoms with Crippen molar-refractivity contribution in [3.63, 3.8) is 0 Å². The van der Waals surface area contributed by atoms with Crippen LogP contribution in [0.4, 0.5) is 0 Å². The molecule has 0 aliphatic carbocycles. The van der Waals surface area contributed by atoms with E-state index < -0.39 is 0 Å². The Hall–Kier alpha value is 3.34. The molecule has 4 aromatic heterocycles. The fourth-order valence-corrected chi connectivity index (χ4v) is 2.90. The smallest absolute Gasteiger partial charge is 0.131 e. The monoisotopic (exact) mass is 1260 g/mol. The van der Waals surface area contributed by atoms with E-state index in [1.807, 2.05) is 62.8 Å². The summed E-state index contributed by atoms with van der Waals surface area (Å²) in [6.07, 6.45) is 19.0. The summed E-state index contributed by atoms with van der Waals surface area (Å²) in [5, 5.41) is 0. The van der Waals surface area contributed by atoms with E-state index in [-0.39, 0.29) is 266 Å². The summed E-state index contributed by atoms with van der Waals surface area (Å²) < 4.78 is 0. The third-order valence-electron chi connectivity index (χ3n) is 5.34. The van der Waals surface area contributed by atoms with Gasteiger partial charge in [0.15, 0.2) is 0 Å². The van der Waals surface area contributed by atoms with E-state index in [0.717, 1.165) is 43.8 Å². The number of aromatic nitrogens is 7. The van der Waals surface area contributed by atoms with Gasteiger partial charge in [-0.15, -0.1) is 0 Å². The summed E-state index contributed by atoms with van der Waals surface area (Å²) in [6.45, 7) is 15.5. The molecule has 0 amide bonds. The largest absolute Gasteiger partial charge is 0.358 e. The van der Waals surface area contributed by atoms with Crippen LogP contribution in [0.3, 0.4) is 0 Å². The molecule has 0 spiro atoms. The number of hydrogen-bond donors (Lipinski definition) is 0. The maximum absolute atomic E-state index is 3.99. The number of nitrogens with zero attached hydrogens (tertiary/aromatic N) is 7. The third kappa shape index (κ3) is 57.4. The molecule has 54 heavy (non-hydrogen) atoms. The van der Waals surface area contributed by atoms with Gasteiger partial charge in [-0.05, 0) is 60.2 Å². The van der Waals surface area contributed by atoms with E-state index in [4.69, 9.17) is 0 Å². The minimum Gasteiger partial charge on any atom is -0.358 e. The SMILES string of the molecule is CCc1ccccc1.CCc1cccnc1.CCc1ccncc1.CCc1ncccn1.CCc1ncncn1.[CH2-]C.[CH3-].[CH3-].[CH3-].[CH3-].[CH3-].[Y].[Y].[Y].[Y].[Y].[Y].[Y]. The van der Waals surface area contributed by atoms with Crippen LogP contribution in [0.5, 0.6) is 0 Å². The molecule has 7 radical (unpaired) electrons. The molecule has 0 saturated heterocycles. The molecular weight excluding hydrogens is 1200 g/mol. The van der Waals surface area contributed by atoms with Crippen LogP contribution < -0.4 is 0 Å². The summed E-state index contributed by atoms with van der Waals surface area (Å²) in [7, 11) is 0. The van der Waals surface area contributed by atoms with Crippen LogP contribution in [-0.4, -0.2) is 34.9 Å². The molecule has 5 aromatic rings. The van der Waals surface area contributed by atoms with Crippen molar-refractivity contribution in [3.05, 3.63) is 183 Å². The second kappa shape index (κ2) is 73.8. The first-order valence-electron chi connectivity index (χ1n) is 14.6. The number of pyridine rings is 2. The van der Waals surface area contributed by atoms with E-state index >= 15 is 0 Å². The van der Waals surface area contributed by atoms with Crippen molar-refractivity contribution >= 4 is 0 Å². The van der Waals surface area contributed by atoms with Crippen molar-refractivity contribution in [2.45, 2.75) is 73.6 Å². The Balaban J connectivity index is -0.0000000331. The van der Waals surface area contributed by atoms with Gasteiger partial charge in [0.25, 0.3) is 0 Å². The normalized spacial score (nSPS) is 6.87. The van der Waals surface area contributed by atoms with Crippen LogP contribution in [0.25, 0.3) is 0 Å². The van der Waals surface area contributed by atoms with Gasteiger partial charge < -0.3 is 44.1 Å². The Kier molecular flexibility index (Phi) is 127. The van der Waals surface area contributed by atoms with Gasteiger partial charge in [0, 0.05) is 279 Å². The third-order valence-corrected chi connectivity index (χ3v) is 5.34. The topological polar surface area (TPSA) is 90.2 Å². The Morgan fingerprint density at radius 3 is 1.04 bits per heavy atom. The molecule has 0 saturated carbocycles. The molecule has 0 aliphatic rings. The maximum atomic E-state index is 3.99. The van der Waals surface area contributed by atoms with Crippen LogP contribution >= 0.6 is 0 Å². The zero-order valence-corrected chi connectivity index (χ0v) is 55.2. The van der Waals surface area contributed by atoms with Gasteiger partial charge in [-0.3, -0.25) is 9.97 Å². The summed E-state index contributed by atoms with van der Waals surface area (Å²) in [5.41, 5.74) is 4.06. The Bertz CT molecular complexity index is 995. The molecule has 0 bridgehead atoms. The van der Waals surface area contributed by atoms with Gasteiger partial charge >= 0.3 is 0 Å². The summed E-state index contributed by atoms with van der Waals surface area (Å²) in [6, 6.07) is 20.4. The van der Waals surface area contributed by atoms with Gasteiger partial charge in [-0.2, -0.15) is 6.92 Å². The Labute approximate surface area is 510 Å².